The van der Waals surface area contributed by atoms with Gasteiger partial charge in [0.25, 0.3) is 0 Å². The standard InChI is InChI=1S/C14H17BrO/c1-11(3-2-10-15)12-4-6-13(7-5-12)16-14-8-9-14/h3-7,14H,2,8-10H2,1H3/b11-3-. The second-order valence-corrected chi connectivity index (χ2v) is 5.00. The Bertz CT molecular complexity index is 363. The van der Waals surface area contributed by atoms with Gasteiger partial charge in [-0.25, -0.2) is 0 Å². The first-order valence-electron chi connectivity index (χ1n) is 5.79. The van der Waals surface area contributed by atoms with Crippen LogP contribution in [0.2, 0.25) is 0 Å². The Hall–Kier alpha value is -0.760. The van der Waals surface area contributed by atoms with Crippen LogP contribution in [-0.2, 0) is 0 Å². The number of benzene rings is 1. The number of allylic oxidation sites excluding steroid dienone is 2. The molecule has 0 amide bonds. The lowest BCUT2D eigenvalue weighted by Crippen LogP contribution is -1.95. The fourth-order valence-corrected chi connectivity index (χ4v) is 1.79. The summed E-state index contributed by atoms with van der Waals surface area (Å²) in [5.41, 5.74) is 2.61. The monoisotopic (exact) mass is 280 g/mol. The van der Waals surface area contributed by atoms with Crippen molar-refractivity contribution in [3.63, 3.8) is 0 Å². The number of rotatable bonds is 5. The van der Waals surface area contributed by atoms with Crippen LogP contribution in [0.15, 0.2) is 30.3 Å². The predicted octanol–water partition coefficient (Wildman–Crippen LogP) is 4.42. The lowest BCUT2D eigenvalue weighted by Gasteiger charge is -2.06. The van der Waals surface area contributed by atoms with Gasteiger partial charge in [-0.15, -0.1) is 0 Å². The molecule has 0 atom stereocenters. The molecule has 16 heavy (non-hydrogen) atoms. The van der Waals surface area contributed by atoms with Crippen molar-refractivity contribution in [3.05, 3.63) is 35.9 Å². The third-order valence-electron chi connectivity index (χ3n) is 2.70. The van der Waals surface area contributed by atoms with Crippen LogP contribution >= 0.6 is 15.9 Å². The minimum absolute atomic E-state index is 0.482. The summed E-state index contributed by atoms with van der Waals surface area (Å²) in [6, 6.07) is 8.41. The fourth-order valence-electron chi connectivity index (χ4n) is 1.56. The topological polar surface area (TPSA) is 9.23 Å². The summed E-state index contributed by atoms with van der Waals surface area (Å²) in [5.74, 6) is 1.000. The molecule has 2 rings (SSSR count). The van der Waals surface area contributed by atoms with Crippen LogP contribution in [0.4, 0.5) is 0 Å². The number of alkyl halides is 1. The van der Waals surface area contributed by atoms with Gasteiger partial charge in [-0.3, -0.25) is 0 Å². The largest absolute Gasteiger partial charge is 0.490 e. The average Bonchev–Trinajstić information content (AvgIpc) is 3.11. The van der Waals surface area contributed by atoms with Crippen LogP contribution in [0, 0.1) is 0 Å². The SMILES string of the molecule is C/C(=C/CCBr)c1ccc(OC2CC2)cc1. The van der Waals surface area contributed by atoms with Gasteiger partial charge < -0.3 is 4.74 Å². The molecule has 0 spiro atoms. The Balaban J connectivity index is 1.99. The maximum atomic E-state index is 5.71. The molecule has 2 heteroatoms. The number of halogens is 1. The quantitative estimate of drug-likeness (QED) is 0.726. The fraction of sp³-hybridized carbons (Fsp3) is 0.429. The van der Waals surface area contributed by atoms with E-state index in [9.17, 15) is 0 Å². The number of hydrogen-bond acceptors (Lipinski definition) is 1. The Kier molecular flexibility index (Phi) is 4.05. The zero-order valence-corrected chi connectivity index (χ0v) is 11.2. The van der Waals surface area contributed by atoms with Crippen molar-refractivity contribution in [1.29, 1.82) is 0 Å². The second-order valence-electron chi connectivity index (χ2n) is 4.21. The van der Waals surface area contributed by atoms with E-state index in [0.717, 1.165) is 17.5 Å². The lowest BCUT2D eigenvalue weighted by atomic mass is 10.1. The van der Waals surface area contributed by atoms with Crippen molar-refractivity contribution in [2.24, 2.45) is 0 Å². The third kappa shape index (κ3) is 3.38. The molecule has 0 aliphatic heterocycles. The highest BCUT2D eigenvalue weighted by molar-refractivity contribution is 9.09. The third-order valence-corrected chi connectivity index (χ3v) is 3.15. The van der Waals surface area contributed by atoms with Crippen LogP contribution in [0.3, 0.4) is 0 Å². The van der Waals surface area contributed by atoms with Crippen molar-refractivity contribution in [3.8, 4) is 5.75 Å². The molecule has 1 fully saturated rings. The zero-order chi connectivity index (χ0) is 11.4. The first kappa shape index (κ1) is 11.7. The van der Waals surface area contributed by atoms with Crippen LogP contribution in [0.25, 0.3) is 5.57 Å². The van der Waals surface area contributed by atoms with Crippen molar-refractivity contribution in [1.82, 2.24) is 0 Å². The molecule has 1 saturated carbocycles. The Morgan fingerprint density at radius 3 is 2.62 bits per heavy atom. The summed E-state index contributed by atoms with van der Waals surface area (Å²) in [7, 11) is 0. The minimum Gasteiger partial charge on any atom is -0.490 e. The smallest absolute Gasteiger partial charge is 0.119 e. The highest BCUT2D eigenvalue weighted by atomic mass is 79.9. The first-order valence-corrected chi connectivity index (χ1v) is 6.91. The van der Waals surface area contributed by atoms with Crippen LogP contribution in [0.5, 0.6) is 5.75 Å². The molecule has 0 heterocycles. The molecule has 1 aromatic rings. The molecular weight excluding hydrogens is 264 g/mol. The zero-order valence-electron chi connectivity index (χ0n) is 9.58. The summed E-state index contributed by atoms with van der Waals surface area (Å²) in [6.45, 7) is 2.15. The molecular formula is C14H17BrO. The van der Waals surface area contributed by atoms with E-state index < -0.39 is 0 Å². The van der Waals surface area contributed by atoms with Gasteiger partial charge in [0.2, 0.25) is 0 Å². The van der Waals surface area contributed by atoms with Gasteiger partial charge in [-0.2, -0.15) is 0 Å². The Morgan fingerprint density at radius 1 is 1.38 bits per heavy atom. The highest BCUT2D eigenvalue weighted by Gasteiger charge is 2.23. The van der Waals surface area contributed by atoms with Crippen LogP contribution in [0.1, 0.15) is 31.7 Å². The Morgan fingerprint density at radius 2 is 2.06 bits per heavy atom. The predicted molar refractivity (Wildman–Crippen MR) is 72.2 cm³/mol. The summed E-state index contributed by atoms with van der Waals surface area (Å²) in [5, 5.41) is 1.02. The summed E-state index contributed by atoms with van der Waals surface area (Å²) in [4.78, 5) is 0. The van der Waals surface area contributed by atoms with E-state index in [1.807, 2.05) is 0 Å². The van der Waals surface area contributed by atoms with Gasteiger partial charge >= 0.3 is 0 Å². The van der Waals surface area contributed by atoms with Gasteiger partial charge in [0, 0.05) is 5.33 Å². The van der Waals surface area contributed by atoms with Crippen molar-refractivity contribution >= 4 is 21.5 Å². The molecule has 0 unspecified atom stereocenters. The maximum Gasteiger partial charge on any atom is 0.119 e. The van der Waals surface area contributed by atoms with E-state index in [-0.39, 0.29) is 0 Å². The Labute approximate surface area is 106 Å². The highest BCUT2D eigenvalue weighted by Crippen LogP contribution is 2.27. The number of ether oxygens (including phenoxy) is 1. The van der Waals surface area contributed by atoms with Gasteiger partial charge in [-0.1, -0.05) is 34.1 Å². The van der Waals surface area contributed by atoms with E-state index in [2.05, 4.69) is 53.2 Å². The van der Waals surface area contributed by atoms with Crippen molar-refractivity contribution in [2.75, 3.05) is 5.33 Å². The van der Waals surface area contributed by atoms with Gasteiger partial charge in [0.1, 0.15) is 5.75 Å². The molecule has 0 N–H and O–H groups in total. The second kappa shape index (κ2) is 5.53. The van der Waals surface area contributed by atoms with E-state index in [1.54, 1.807) is 0 Å². The molecule has 1 aliphatic carbocycles. The van der Waals surface area contributed by atoms with E-state index in [1.165, 1.54) is 24.0 Å². The summed E-state index contributed by atoms with van der Waals surface area (Å²) in [6.07, 6.45) is 6.24. The van der Waals surface area contributed by atoms with E-state index in [4.69, 9.17) is 4.74 Å². The number of hydrogen-bond donors (Lipinski definition) is 0. The molecule has 1 aliphatic rings. The molecule has 1 nitrogen and oxygen atoms in total. The molecule has 0 radical (unpaired) electrons. The average molecular weight is 281 g/mol. The molecule has 0 bridgehead atoms. The maximum absolute atomic E-state index is 5.71. The van der Waals surface area contributed by atoms with E-state index >= 15 is 0 Å². The van der Waals surface area contributed by atoms with Gasteiger partial charge in [-0.05, 0) is 49.5 Å². The van der Waals surface area contributed by atoms with E-state index in [0.29, 0.717) is 6.10 Å². The van der Waals surface area contributed by atoms with Crippen LogP contribution in [-0.4, -0.2) is 11.4 Å². The van der Waals surface area contributed by atoms with Gasteiger partial charge in [0.15, 0.2) is 0 Å². The summed E-state index contributed by atoms with van der Waals surface area (Å²) < 4.78 is 5.71. The molecule has 86 valence electrons. The summed E-state index contributed by atoms with van der Waals surface area (Å²) >= 11 is 3.43. The molecule has 0 aromatic heterocycles. The molecule has 0 saturated heterocycles. The normalized spacial score (nSPS) is 16.2. The van der Waals surface area contributed by atoms with Crippen molar-refractivity contribution in [2.45, 2.75) is 32.3 Å². The van der Waals surface area contributed by atoms with Crippen LogP contribution < -0.4 is 4.74 Å². The van der Waals surface area contributed by atoms with Crippen molar-refractivity contribution < 1.29 is 4.74 Å². The van der Waals surface area contributed by atoms with Gasteiger partial charge in [0.05, 0.1) is 6.10 Å². The minimum atomic E-state index is 0.482. The lowest BCUT2D eigenvalue weighted by molar-refractivity contribution is 0.303. The molecule has 1 aromatic carbocycles. The first-order chi connectivity index (χ1) is 7.79.